The molecule has 1 saturated heterocycles. The molecule has 1 N–H and O–H groups in total. The van der Waals surface area contributed by atoms with Gasteiger partial charge >= 0.3 is 6.30 Å². The van der Waals surface area contributed by atoms with Crippen molar-refractivity contribution in [2.75, 3.05) is 25.5 Å². The summed E-state index contributed by atoms with van der Waals surface area (Å²) in [5.74, 6) is 3.22. The number of aromatic nitrogens is 4. The zero-order chi connectivity index (χ0) is 26.9. The molecule has 3 aromatic heterocycles. The van der Waals surface area contributed by atoms with E-state index in [4.69, 9.17) is 11.2 Å². The maximum Gasteiger partial charge on any atom is 0.488 e. The average molecular weight is 523 g/mol. The molecule has 0 saturated carbocycles. The monoisotopic (exact) mass is 522 g/mol. The molecule has 0 bridgehead atoms. The van der Waals surface area contributed by atoms with Crippen molar-refractivity contribution in [2.24, 2.45) is 0 Å². The lowest BCUT2D eigenvalue weighted by Gasteiger charge is -2.30. The van der Waals surface area contributed by atoms with Crippen LogP contribution in [-0.2, 0) is 12.8 Å². The molecule has 4 heterocycles. The number of likely N-dealkylation sites (tertiary alicyclic amines) is 1. The summed E-state index contributed by atoms with van der Waals surface area (Å²) in [6, 6.07) is 11.3. The summed E-state index contributed by atoms with van der Waals surface area (Å²) in [6.45, 7) is 1.57. The summed E-state index contributed by atoms with van der Waals surface area (Å²) in [7, 11) is 2.08. The second-order valence-corrected chi connectivity index (χ2v) is 9.20. The first kappa shape index (κ1) is 25.4. The molecule has 0 amide bonds. The topological polar surface area (TPSA) is 77.2 Å². The first-order chi connectivity index (χ1) is 18.2. The molecule has 196 valence electrons. The van der Waals surface area contributed by atoms with E-state index in [9.17, 15) is 18.0 Å². The molecule has 0 aliphatic carbocycles. The Labute approximate surface area is 216 Å². The molecular formula is C27H25F3N6O2. The molecule has 0 spiro atoms. The number of halogens is 3. The van der Waals surface area contributed by atoms with E-state index in [1.807, 2.05) is 24.3 Å². The van der Waals surface area contributed by atoms with E-state index in [-0.39, 0.29) is 40.1 Å². The van der Waals surface area contributed by atoms with Crippen molar-refractivity contribution in [3.8, 4) is 18.1 Å². The Morgan fingerprint density at radius 2 is 2.03 bits per heavy atom. The zero-order valence-corrected chi connectivity index (χ0v) is 20.6. The van der Waals surface area contributed by atoms with Gasteiger partial charge in [-0.1, -0.05) is 5.92 Å². The molecule has 1 aliphatic rings. The minimum atomic E-state index is -4.63. The summed E-state index contributed by atoms with van der Waals surface area (Å²) in [5, 5.41) is 3.50. The standard InChI is InChI=1S/C27H25F3N6O2/c1-3-18-14-19-15-31-26(32-20-8-10-22(11-9-20)38-23-7-5-12-34(2)17-23)33-24(19)35(25(18)37)16-21-6-4-13-36(21)27(28,29)30/h1,4,6,8-11,13-15,23H,5,7,12,16-17H2,2H3,(H,31,32,33). The summed E-state index contributed by atoms with van der Waals surface area (Å²) in [6.07, 6.45) is 5.46. The molecule has 1 fully saturated rings. The third-order valence-electron chi connectivity index (χ3n) is 6.40. The number of nitrogens with one attached hydrogen (secondary N) is 1. The van der Waals surface area contributed by atoms with Crippen molar-refractivity contribution >= 4 is 22.7 Å². The second kappa shape index (κ2) is 10.2. The molecule has 4 aromatic rings. The fraction of sp³-hybridized carbons (Fsp3) is 0.296. The van der Waals surface area contributed by atoms with E-state index in [0.717, 1.165) is 42.4 Å². The number of ether oxygens (including phenoxy) is 1. The van der Waals surface area contributed by atoms with E-state index in [0.29, 0.717) is 11.1 Å². The predicted octanol–water partition coefficient (Wildman–Crippen LogP) is 4.32. The number of anilines is 2. The fourth-order valence-electron chi connectivity index (χ4n) is 4.58. The largest absolute Gasteiger partial charge is 0.489 e. The number of terminal acetylenes is 1. The van der Waals surface area contributed by atoms with Gasteiger partial charge in [0.1, 0.15) is 17.5 Å². The lowest BCUT2D eigenvalue weighted by atomic mass is 10.1. The first-order valence-electron chi connectivity index (χ1n) is 12.0. The third-order valence-corrected chi connectivity index (χ3v) is 6.40. The molecule has 0 radical (unpaired) electrons. The molecule has 11 heteroatoms. The maximum absolute atomic E-state index is 13.4. The highest BCUT2D eigenvalue weighted by atomic mass is 19.4. The molecule has 5 rings (SSSR count). The van der Waals surface area contributed by atoms with Crippen LogP contribution in [0.5, 0.6) is 5.75 Å². The quantitative estimate of drug-likeness (QED) is 0.380. The van der Waals surface area contributed by atoms with Gasteiger partial charge in [0, 0.05) is 35.7 Å². The van der Waals surface area contributed by atoms with Crippen LogP contribution in [0.15, 0.2) is 59.7 Å². The van der Waals surface area contributed by atoms with Gasteiger partial charge in [-0.05, 0) is 68.9 Å². The van der Waals surface area contributed by atoms with Crippen LogP contribution < -0.4 is 15.6 Å². The lowest BCUT2D eigenvalue weighted by molar-refractivity contribution is -0.205. The Hall–Kier alpha value is -4.30. The van der Waals surface area contributed by atoms with Crippen molar-refractivity contribution in [3.05, 3.63) is 76.5 Å². The lowest BCUT2D eigenvalue weighted by Crippen LogP contribution is -2.38. The van der Waals surface area contributed by atoms with Gasteiger partial charge in [-0.2, -0.15) is 4.98 Å². The molecule has 1 aliphatic heterocycles. The van der Waals surface area contributed by atoms with E-state index < -0.39 is 11.9 Å². The molecule has 8 nitrogen and oxygen atoms in total. The van der Waals surface area contributed by atoms with E-state index in [1.54, 1.807) is 0 Å². The minimum absolute atomic E-state index is 0.00618. The first-order valence-corrected chi connectivity index (χ1v) is 12.0. The Balaban J connectivity index is 1.42. The number of fused-ring (bicyclic) bond motifs is 1. The number of benzene rings is 1. The van der Waals surface area contributed by atoms with Crippen molar-refractivity contribution in [1.82, 2.24) is 24.0 Å². The summed E-state index contributed by atoms with van der Waals surface area (Å²) >= 11 is 0. The molecule has 1 unspecified atom stereocenters. The Bertz CT molecular complexity index is 1550. The second-order valence-electron chi connectivity index (χ2n) is 9.20. The van der Waals surface area contributed by atoms with E-state index >= 15 is 0 Å². The number of piperidine rings is 1. The number of hydrogen-bond acceptors (Lipinski definition) is 6. The summed E-state index contributed by atoms with van der Waals surface area (Å²) in [4.78, 5) is 24.0. The number of pyridine rings is 1. The number of rotatable bonds is 6. The van der Waals surface area contributed by atoms with Gasteiger partial charge < -0.3 is 15.0 Å². The van der Waals surface area contributed by atoms with Crippen LogP contribution in [0.3, 0.4) is 0 Å². The average Bonchev–Trinajstić information content (AvgIpc) is 3.36. The van der Waals surface area contributed by atoms with E-state index in [2.05, 4.69) is 33.2 Å². The van der Waals surface area contributed by atoms with Crippen molar-refractivity contribution in [1.29, 1.82) is 0 Å². The molecular weight excluding hydrogens is 497 g/mol. The van der Waals surface area contributed by atoms with Gasteiger partial charge in [0.05, 0.1) is 12.1 Å². The summed E-state index contributed by atoms with van der Waals surface area (Å²) < 4.78 is 47.6. The number of hydrogen-bond donors (Lipinski definition) is 1. The minimum Gasteiger partial charge on any atom is -0.489 e. The number of likely N-dealkylation sites (N-methyl/N-ethyl adjacent to an activating group) is 1. The highest BCUT2D eigenvalue weighted by molar-refractivity contribution is 5.77. The maximum atomic E-state index is 13.4. The van der Waals surface area contributed by atoms with Crippen LogP contribution >= 0.6 is 0 Å². The fourth-order valence-corrected chi connectivity index (χ4v) is 4.58. The smallest absolute Gasteiger partial charge is 0.488 e. The van der Waals surface area contributed by atoms with Crippen molar-refractivity contribution in [2.45, 2.75) is 31.8 Å². The number of nitrogens with zero attached hydrogens (tertiary/aromatic N) is 5. The van der Waals surface area contributed by atoms with Crippen LogP contribution in [0.25, 0.3) is 11.0 Å². The van der Waals surface area contributed by atoms with Crippen LogP contribution in [0.4, 0.5) is 24.8 Å². The zero-order valence-electron chi connectivity index (χ0n) is 20.6. The highest BCUT2D eigenvalue weighted by Gasteiger charge is 2.32. The van der Waals surface area contributed by atoms with Gasteiger partial charge in [0.25, 0.3) is 5.56 Å². The molecule has 38 heavy (non-hydrogen) atoms. The van der Waals surface area contributed by atoms with Crippen LogP contribution in [-0.4, -0.2) is 50.2 Å². The van der Waals surface area contributed by atoms with Crippen molar-refractivity contribution in [3.63, 3.8) is 0 Å². The van der Waals surface area contributed by atoms with Crippen LogP contribution in [0.1, 0.15) is 24.1 Å². The molecule has 1 aromatic carbocycles. The predicted molar refractivity (Wildman–Crippen MR) is 137 cm³/mol. The Morgan fingerprint density at radius 1 is 1.24 bits per heavy atom. The van der Waals surface area contributed by atoms with Gasteiger partial charge in [-0.3, -0.25) is 13.9 Å². The molecule has 1 atom stereocenters. The highest BCUT2D eigenvalue weighted by Crippen LogP contribution is 2.26. The SMILES string of the molecule is C#Cc1cc2cnc(Nc3ccc(OC4CCCN(C)C4)cc3)nc2n(Cc2cccn2C(F)(F)F)c1=O. The normalized spacial score (nSPS) is 16.3. The van der Waals surface area contributed by atoms with Gasteiger partial charge in [-0.15, -0.1) is 19.6 Å². The summed E-state index contributed by atoms with van der Waals surface area (Å²) in [5.41, 5.74) is 0.0874. The van der Waals surface area contributed by atoms with Gasteiger partial charge in [0.15, 0.2) is 0 Å². The Morgan fingerprint density at radius 3 is 2.74 bits per heavy atom. The van der Waals surface area contributed by atoms with Crippen LogP contribution in [0, 0.1) is 12.3 Å². The van der Waals surface area contributed by atoms with Gasteiger partial charge in [0.2, 0.25) is 5.95 Å². The number of alkyl halides is 3. The Kier molecular flexibility index (Phi) is 6.82. The van der Waals surface area contributed by atoms with Crippen molar-refractivity contribution < 1.29 is 17.9 Å². The van der Waals surface area contributed by atoms with E-state index in [1.165, 1.54) is 24.4 Å². The third kappa shape index (κ3) is 5.35. The van der Waals surface area contributed by atoms with Crippen LogP contribution in [0.2, 0.25) is 0 Å². The van der Waals surface area contributed by atoms with Gasteiger partial charge in [-0.25, -0.2) is 4.98 Å².